The van der Waals surface area contributed by atoms with Gasteiger partial charge in [0.05, 0.1) is 0 Å². The van der Waals surface area contributed by atoms with E-state index >= 15 is 0 Å². The van der Waals surface area contributed by atoms with Gasteiger partial charge in [0.2, 0.25) is 0 Å². The molecule has 1 unspecified atom stereocenters. The Kier molecular flexibility index (Phi) is 7.55. The third-order valence-corrected chi connectivity index (χ3v) is 8.21. The van der Waals surface area contributed by atoms with E-state index in [0.29, 0.717) is 0 Å². The quantitative estimate of drug-likeness (QED) is 0.225. The molecule has 0 aliphatic carbocycles. The number of unbranched alkanes of at least 4 members (excludes halogenated alkanes) is 1. The average molecular weight is 532 g/mol. The molecule has 0 aliphatic heterocycles. The molecule has 0 saturated carbocycles. The summed E-state index contributed by atoms with van der Waals surface area (Å²) in [6.07, 6.45) is 2.64. The van der Waals surface area contributed by atoms with Crippen LogP contribution >= 0.6 is 0 Å². The van der Waals surface area contributed by atoms with Crippen molar-refractivity contribution in [3.63, 3.8) is 0 Å². The van der Waals surface area contributed by atoms with Gasteiger partial charge in [0.1, 0.15) is 0 Å². The molecule has 0 aliphatic rings. The highest BCUT2D eigenvalue weighted by atomic mass is 14.6. The number of hydrogen-bond donors (Lipinski definition) is 1. The first-order chi connectivity index (χ1) is 20.1. The van der Waals surface area contributed by atoms with Gasteiger partial charge in [0.15, 0.2) is 0 Å². The van der Waals surface area contributed by atoms with Crippen LogP contribution in [0.5, 0.6) is 0 Å². The van der Waals surface area contributed by atoms with Crippen LogP contribution < -0.4 is 5.73 Å². The van der Waals surface area contributed by atoms with E-state index in [9.17, 15) is 0 Å². The van der Waals surface area contributed by atoms with E-state index in [0.717, 1.165) is 5.56 Å². The maximum absolute atomic E-state index is 6.14. The number of nitrogens with two attached hydrogens (primary N) is 1. The van der Waals surface area contributed by atoms with Crippen LogP contribution in [0.25, 0.3) is 65.3 Å². The fourth-order valence-corrected chi connectivity index (χ4v) is 5.85. The van der Waals surface area contributed by atoms with Crippen molar-refractivity contribution in [3.8, 4) is 22.3 Å². The second kappa shape index (κ2) is 11.6. The van der Waals surface area contributed by atoms with Crippen molar-refractivity contribution in [2.75, 3.05) is 0 Å². The lowest BCUT2D eigenvalue weighted by atomic mass is 9.87. The lowest BCUT2D eigenvalue weighted by molar-refractivity contribution is 0.818. The van der Waals surface area contributed by atoms with E-state index in [2.05, 4.69) is 141 Å². The van der Waals surface area contributed by atoms with Crippen LogP contribution in [0.4, 0.5) is 0 Å². The molecule has 0 fully saturated rings. The second-order valence-electron chi connectivity index (χ2n) is 11.0. The summed E-state index contributed by atoms with van der Waals surface area (Å²) in [5.41, 5.74) is 12.2. The Morgan fingerprint density at radius 3 is 1.54 bits per heavy atom. The van der Waals surface area contributed by atoms with Gasteiger partial charge in [-0.15, -0.1) is 0 Å². The van der Waals surface area contributed by atoms with Crippen LogP contribution in [0.15, 0.2) is 127 Å². The number of fused-ring (bicyclic) bond motifs is 7. The minimum absolute atomic E-state index is 0.0220. The van der Waals surface area contributed by atoms with Gasteiger partial charge in [-0.2, -0.15) is 0 Å². The highest BCUT2D eigenvalue weighted by Gasteiger charge is 2.15. The van der Waals surface area contributed by atoms with Gasteiger partial charge in [0.25, 0.3) is 0 Å². The van der Waals surface area contributed by atoms with Gasteiger partial charge >= 0.3 is 0 Å². The van der Waals surface area contributed by atoms with Gasteiger partial charge in [-0.05, 0) is 83.9 Å². The smallest absolute Gasteiger partial charge is 0.0266 e. The Bertz CT molecular complexity index is 1940. The van der Waals surface area contributed by atoms with Gasteiger partial charge < -0.3 is 5.73 Å². The molecule has 0 bridgehead atoms. The lowest BCUT2D eigenvalue weighted by Gasteiger charge is -2.17. The van der Waals surface area contributed by atoms with E-state index in [4.69, 9.17) is 5.73 Å². The van der Waals surface area contributed by atoms with Crippen LogP contribution in [0.1, 0.15) is 45.2 Å². The maximum Gasteiger partial charge on any atom is 0.0266 e. The summed E-state index contributed by atoms with van der Waals surface area (Å²) in [6, 6.07) is 46.5. The predicted octanol–water partition coefficient (Wildman–Crippen LogP) is 11.5. The Morgan fingerprint density at radius 2 is 0.976 bits per heavy atom. The van der Waals surface area contributed by atoms with E-state index in [1.165, 1.54) is 78.2 Å². The molecule has 7 aromatic rings. The van der Waals surface area contributed by atoms with E-state index in [-0.39, 0.29) is 6.04 Å². The second-order valence-corrected chi connectivity index (χ2v) is 11.0. The van der Waals surface area contributed by atoms with Crippen molar-refractivity contribution in [1.29, 1.82) is 0 Å². The first-order valence-corrected chi connectivity index (χ1v) is 14.8. The van der Waals surface area contributed by atoms with E-state index in [1.807, 2.05) is 6.92 Å². The third kappa shape index (κ3) is 4.99. The first-order valence-electron chi connectivity index (χ1n) is 14.8. The molecule has 7 rings (SSSR count). The van der Waals surface area contributed by atoms with Gasteiger partial charge in [-0.3, -0.25) is 0 Å². The number of hydrogen-bond acceptors (Lipinski definition) is 1. The van der Waals surface area contributed by atoms with Crippen molar-refractivity contribution in [2.45, 2.75) is 39.7 Å². The Morgan fingerprint density at radius 1 is 0.488 bits per heavy atom. The molecule has 1 atom stereocenters. The van der Waals surface area contributed by atoms with Crippen molar-refractivity contribution < 1.29 is 0 Å². The Hall–Kier alpha value is -4.46. The fourth-order valence-electron chi connectivity index (χ4n) is 5.85. The van der Waals surface area contributed by atoms with Crippen LogP contribution in [0.3, 0.4) is 0 Å². The number of benzene rings is 7. The molecule has 0 heterocycles. The molecule has 0 aromatic heterocycles. The molecule has 7 aromatic carbocycles. The topological polar surface area (TPSA) is 26.0 Å². The molecule has 0 spiro atoms. The Balaban J connectivity index is 0.000000712. The zero-order valence-electron chi connectivity index (χ0n) is 24.2. The summed E-state index contributed by atoms with van der Waals surface area (Å²) >= 11 is 0. The minimum Gasteiger partial charge on any atom is -0.324 e. The maximum atomic E-state index is 6.14. The zero-order chi connectivity index (χ0) is 28.3. The molecule has 2 N–H and O–H groups in total. The van der Waals surface area contributed by atoms with Crippen molar-refractivity contribution in [1.82, 2.24) is 0 Å². The summed E-state index contributed by atoms with van der Waals surface area (Å²) in [5.74, 6) is 0. The lowest BCUT2D eigenvalue weighted by Crippen LogP contribution is -2.04. The van der Waals surface area contributed by atoms with Gasteiger partial charge in [-0.1, -0.05) is 148 Å². The molecular formula is C40H37N. The summed E-state index contributed by atoms with van der Waals surface area (Å²) in [6.45, 7) is 6.39. The summed E-state index contributed by atoms with van der Waals surface area (Å²) in [5, 5.41) is 10.3. The molecule has 1 heteroatoms. The van der Waals surface area contributed by atoms with Crippen molar-refractivity contribution >= 4 is 43.1 Å². The summed E-state index contributed by atoms with van der Waals surface area (Å²) in [7, 11) is 0. The van der Waals surface area contributed by atoms with E-state index < -0.39 is 0 Å². The van der Waals surface area contributed by atoms with Crippen LogP contribution in [0, 0.1) is 0 Å². The minimum atomic E-state index is 0.0220. The van der Waals surface area contributed by atoms with Crippen LogP contribution in [-0.4, -0.2) is 0 Å². The summed E-state index contributed by atoms with van der Waals surface area (Å²) < 4.78 is 0. The molecule has 202 valence electrons. The molecular weight excluding hydrogens is 494 g/mol. The average Bonchev–Trinajstić information content (AvgIpc) is 3.04. The Labute approximate surface area is 243 Å². The summed E-state index contributed by atoms with van der Waals surface area (Å²) in [4.78, 5) is 0. The van der Waals surface area contributed by atoms with Crippen molar-refractivity contribution in [2.24, 2.45) is 5.73 Å². The van der Waals surface area contributed by atoms with Crippen molar-refractivity contribution in [3.05, 3.63) is 133 Å². The molecule has 0 amide bonds. The largest absolute Gasteiger partial charge is 0.324 e. The molecule has 0 radical (unpaired) electrons. The molecule has 0 saturated heterocycles. The predicted molar refractivity (Wildman–Crippen MR) is 181 cm³/mol. The monoisotopic (exact) mass is 531 g/mol. The van der Waals surface area contributed by atoms with Crippen LogP contribution in [0.2, 0.25) is 0 Å². The molecule has 1 nitrogen and oxygen atoms in total. The van der Waals surface area contributed by atoms with Crippen LogP contribution in [-0.2, 0) is 0 Å². The number of rotatable bonds is 4. The van der Waals surface area contributed by atoms with Gasteiger partial charge in [0, 0.05) is 6.04 Å². The third-order valence-electron chi connectivity index (χ3n) is 8.21. The highest BCUT2D eigenvalue weighted by molar-refractivity contribution is 6.26. The SMILES string of the molecule is CC(N)c1ccc(-c2ccc3ccccc3c2-c2ccc3c4ccccc4c4ccccc4c3c2)cc1.CCCC. The normalized spacial score (nSPS) is 12.0. The molecule has 41 heavy (non-hydrogen) atoms. The fraction of sp³-hybridized carbons (Fsp3) is 0.150. The standard InChI is InChI=1S/C36H27N.C4H10/c1-23(37)24-14-16-26(17-15-24)29-20-18-25-8-2-3-9-28(25)36(29)27-19-21-34-32-12-5-4-10-30(32)31-11-6-7-13-33(31)35(34)22-27;1-3-4-2/h2-23H,37H2,1H3;3-4H2,1-2H3. The highest BCUT2D eigenvalue weighted by Crippen LogP contribution is 2.42. The first kappa shape index (κ1) is 26.7. The zero-order valence-corrected chi connectivity index (χ0v) is 24.2. The van der Waals surface area contributed by atoms with Gasteiger partial charge in [-0.25, -0.2) is 0 Å². The van der Waals surface area contributed by atoms with E-state index in [1.54, 1.807) is 0 Å².